The lowest BCUT2D eigenvalue weighted by Crippen LogP contribution is -2.00. The van der Waals surface area contributed by atoms with E-state index in [0.717, 1.165) is 5.56 Å². The molecule has 2 rings (SSSR count). The number of ether oxygens (including phenoxy) is 1. The molecule has 0 saturated heterocycles. The van der Waals surface area contributed by atoms with Gasteiger partial charge in [-0.3, -0.25) is 4.98 Å². The zero-order chi connectivity index (χ0) is 12.3. The van der Waals surface area contributed by atoms with Crippen LogP contribution in [0, 0.1) is 0 Å². The van der Waals surface area contributed by atoms with Crippen LogP contribution in [-0.2, 0) is 6.61 Å². The van der Waals surface area contributed by atoms with Crippen molar-refractivity contribution < 1.29 is 4.74 Å². The van der Waals surface area contributed by atoms with E-state index >= 15 is 0 Å². The molecule has 2 aromatic rings. The van der Waals surface area contributed by atoms with Gasteiger partial charge in [0, 0.05) is 18.0 Å². The number of anilines is 1. The fourth-order valence-corrected chi connectivity index (χ4v) is 1.76. The Morgan fingerprint density at radius 1 is 1.18 bits per heavy atom. The smallest absolute Gasteiger partial charge is 0.161 e. The van der Waals surface area contributed by atoms with Crippen molar-refractivity contribution in [1.82, 2.24) is 4.98 Å². The summed E-state index contributed by atoms with van der Waals surface area (Å²) in [5, 5.41) is 1.04. The summed E-state index contributed by atoms with van der Waals surface area (Å²) in [6.45, 7) is 0.301. The van der Waals surface area contributed by atoms with E-state index in [0.29, 0.717) is 28.1 Å². The van der Waals surface area contributed by atoms with Gasteiger partial charge in [0.2, 0.25) is 0 Å². The lowest BCUT2D eigenvalue weighted by atomic mass is 10.2. The molecule has 0 bridgehead atoms. The molecule has 5 heteroatoms. The van der Waals surface area contributed by atoms with E-state index in [2.05, 4.69) is 4.98 Å². The molecule has 0 amide bonds. The third kappa shape index (κ3) is 2.81. The molecule has 2 N–H and O–H groups in total. The number of hydrogen-bond acceptors (Lipinski definition) is 3. The minimum atomic E-state index is 0.301. The average Bonchev–Trinajstić information content (AvgIpc) is 2.30. The van der Waals surface area contributed by atoms with Crippen LogP contribution < -0.4 is 10.5 Å². The second kappa shape index (κ2) is 5.25. The van der Waals surface area contributed by atoms with Crippen molar-refractivity contribution in [2.75, 3.05) is 5.73 Å². The largest absolute Gasteiger partial charge is 0.485 e. The average molecular weight is 269 g/mol. The normalized spacial score (nSPS) is 10.2. The maximum atomic E-state index is 5.99. The Hall–Kier alpha value is -1.45. The van der Waals surface area contributed by atoms with Crippen LogP contribution in [0.4, 0.5) is 5.69 Å². The van der Waals surface area contributed by atoms with Crippen molar-refractivity contribution in [3.63, 3.8) is 0 Å². The second-order valence-electron chi connectivity index (χ2n) is 3.41. The molecule has 0 aliphatic carbocycles. The number of benzene rings is 1. The highest BCUT2D eigenvalue weighted by atomic mass is 35.5. The summed E-state index contributed by atoms with van der Waals surface area (Å²) in [7, 11) is 0. The number of nitrogens with two attached hydrogens (primary N) is 1. The van der Waals surface area contributed by atoms with E-state index in [1.807, 2.05) is 0 Å². The molecule has 3 nitrogen and oxygen atoms in total. The Bertz CT molecular complexity index is 511. The van der Waals surface area contributed by atoms with Gasteiger partial charge in [-0.15, -0.1) is 0 Å². The van der Waals surface area contributed by atoms with Gasteiger partial charge in [0.05, 0.1) is 15.7 Å². The molecule has 1 aromatic carbocycles. The van der Waals surface area contributed by atoms with Gasteiger partial charge < -0.3 is 10.5 Å². The molecule has 0 unspecified atom stereocenters. The lowest BCUT2D eigenvalue weighted by Gasteiger charge is -2.11. The minimum Gasteiger partial charge on any atom is -0.485 e. The van der Waals surface area contributed by atoms with Crippen molar-refractivity contribution in [2.45, 2.75) is 6.61 Å². The highest BCUT2D eigenvalue weighted by Crippen LogP contribution is 2.31. The molecule has 0 aliphatic rings. The first-order valence-electron chi connectivity index (χ1n) is 4.93. The van der Waals surface area contributed by atoms with E-state index in [-0.39, 0.29) is 0 Å². The molecular formula is C12H10Cl2N2O. The Kier molecular flexibility index (Phi) is 3.71. The molecule has 0 fully saturated rings. The van der Waals surface area contributed by atoms with E-state index in [9.17, 15) is 0 Å². The first-order valence-corrected chi connectivity index (χ1v) is 5.69. The van der Waals surface area contributed by atoms with Crippen LogP contribution in [0.3, 0.4) is 0 Å². The van der Waals surface area contributed by atoms with E-state index < -0.39 is 0 Å². The van der Waals surface area contributed by atoms with Gasteiger partial charge in [0.25, 0.3) is 0 Å². The number of nitrogen functional groups attached to an aromatic ring is 1. The van der Waals surface area contributed by atoms with Crippen LogP contribution in [0.1, 0.15) is 5.56 Å². The molecule has 0 spiro atoms. The number of para-hydroxylation sites is 1. The molecule has 0 aliphatic heterocycles. The SMILES string of the molecule is Nc1cccc(Cl)c1OCc1ccncc1Cl. The van der Waals surface area contributed by atoms with E-state index in [4.69, 9.17) is 33.7 Å². The quantitative estimate of drug-likeness (QED) is 0.867. The highest BCUT2D eigenvalue weighted by Gasteiger charge is 2.07. The van der Waals surface area contributed by atoms with Crippen molar-refractivity contribution in [3.05, 3.63) is 52.3 Å². The Balaban J connectivity index is 2.16. The molecule has 0 radical (unpaired) electrons. The summed E-state index contributed by atoms with van der Waals surface area (Å²) in [6.07, 6.45) is 3.22. The van der Waals surface area contributed by atoms with E-state index in [1.54, 1.807) is 36.7 Å². The van der Waals surface area contributed by atoms with Crippen LogP contribution >= 0.6 is 23.2 Å². The van der Waals surface area contributed by atoms with Gasteiger partial charge in [-0.2, -0.15) is 0 Å². The Morgan fingerprint density at radius 3 is 2.71 bits per heavy atom. The van der Waals surface area contributed by atoms with Crippen LogP contribution in [0.2, 0.25) is 10.0 Å². The van der Waals surface area contributed by atoms with Gasteiger partial charge in [-0.05, 0) is 18.2 Å². The van der Waals surface area contributed by atoms with E-state index in [1.165, 1.54) is 0 Å². The first-order chi connectivity index (χ1) is 8.18. The number of hydrogen-bond donors (Lipinski definition) is 1. The predicted molar refractivity (Wildman–Crippen MR) is 69.4 cm³/mol. The number of pyridine rings is 1. The third-order valence-corrected chi connectivity index (χ3v) is 2.86. The lowest BCUT2D eigenvalue weighted by molar-refractivity contribution is 0.308. The monoisotopic (exact) mass is 268 g/mol. The summed E-state index contributed by atoms with van der Waals surface area (Å²) in [5.41, 5.74) is 7.11. The van der Waals surface area contributed by atoms with Crippen molar-refractivity contribution in [3.8, 4) is 5.75 Å². The molecule has 0 atom stereocenters. The number of halogens is 2. The first kappa shape index (κ1) is 12.0. The fourth-order valence-electron chi connectivity index (χ4n) is 1.35. The summed E-state index contributed by atoms with van der Waals surface area (Å²) < 4.78 is 5.57. The molecule has 1 heterocycles. The van der Waals surface area contributed by atoms with Crippen molar-refractivity contribution in [1.29, 1.82) is 0 Å². The maximum absolute atomic E-state index is 5.99. The summed E-state index contributed by atoms with van der Waals surface area (Å²) >= 11 is 11.9. The van der Waals surface area contributed by atoms with Crippen LogP contribution in [0.25, 0.3) is 0 Å². The molecule has 1 aromatic heterocycles. The summed E-state index contributed by atoms with van der Waals surface area (Å²) in [4.78, 5) is 3.90. The third-order valence-electron chi connectivity index (χ3n) is 2.23. The zero-order valence-electron chi connectivity index (χ0n) is 8.86. The topological polar surface area (TPSA) is 48.1 Å². The number of rotatable bonds is 3. The van der Waals surface area contributed by atoms with Crippen LogP contribution in [0.5, 0.6) is 5.75 Å². The second-order valence-corrected chi connectivity index (χ2v) is 4.23. The summed E-state index contributed by atoms with van der Waals surface area (Å²) in [6, 6.07) is 7.01. The van der Waals surface area contributed by atoms with Gasteiger partial charge in [-0.1, -0.05) is 29.3 Å². The standard InChI is InChI=1S/C12H10Cl2N2O/c13-9-2-1-3-11(15)12(9)17-7-8-4-5-16-6-10(8)14/h1-6H,7,15H2. The van der Waals surface area contributed by atoms with Crippen molar-refractivity contribution in [2.24, 2.45) is 0 Å². The number of nitrogens with zero attached hydrogens (tertiary/aromatic N) is 1. The predicted octanol–water partition coefficient (Wildman–Crippen LogP) is 3.55. The van der Waals surface area contributed by atoms with Crippen molar-refractivity contribution >= 4 is 28.9 Å². The van der Waals surface area contributed by atoms with Crippen LogP contribution in [-0.4, -0.2) is 4.98 Å². The van der Waals surface area contributed by atoms with Gasteiger partial charge in [0.15, 0.2) is 5.75 Å². The Labute approximate surface area is 109 Å². The fraction of sp³-hybridized carbons (Fsp3) is 0.0833. The highest BCUT2D eigenvalue weighted by molar-refractivity contribution is 6.32. The van der Waals surface area contributed by atoms with Crippen LogP contribution in [0.15, 0.2) is 36.7 Å². The van der Waals surface area contributed by atoms with Gasteiger partial charge in [-0.25, -0.2) is 0 Å². The molecule has 17 heavy (non-hydrogen) atoms. The number of aromatic nitrogens is 1. The van der Waals surface area contributed by atoms with Gasteiger partial charge in [0.1, 0.15) is 6.61 Å². The molecular weight excluding hydrogens is 259 g/mol. The minimum absolute atomic E-state index is 0.301. The zero-order valence-corrected chi connectivity index (χ0v) is 10.4. The Morgan fingerprint density at radius 2 is 2.00 bits per heavy atom. The molecule has 88 valence electrons. The van der Waals surface area contributed by atoms with Gasteiger partial charge >= 0.3 is 0 Å². The maximum Gasteiger partial charge on any atom is 0.161 e. The summed E-state index contributed by atoms with van der Waals surface area (Å²) in [5.74, 6) is 0.474. The molecule has 0 saturated carbocycles.